The molecule has 1 rings (SSSR count). The summed E-state index contributed by atoms with van der Waals surface area (Å²) in [5.74, 6) is 0. The zero-order valence-corrected chi connectivity index (χ0v) is 17.9. The molecule has 0 aromatic heterocycles. The fraction of sp³-hybridized carbons (Fsp3) is 1.00. The molecule has 13 unspecified atom stereocenters. The van der Waals surface area contributed by atoms with Crippen molar-refractivity contribution in [3.8, 4) is 0 Å². The van der Waals surface area contributed by atoms with Crippen LogP contribution in [-0.4, -0.2) is 90.0 Å². The largest absolute Gasteiger partial charge is 0.692 e. The van der Waals surface area contributed by atoms with Gasteiger partial charge in [0.05, 0.1) is 0 Å². The lowest BCUT2D eigenvalue weighted by Crippen LogP contribution is -2.50. The maximum absolute atomic E-state index is 13.7. The molecule has 0 spiro atoms. The minimum atomic E-state index is -4.02. The minimum absolute atomic E-state index is 0.606. The summed E-state index contributed by atoms with van der Waals surface area (Å²) >= 11 is 0. The molecule has 204 valence electrons. The Kier molecular flexibility index (Phi) is 14.9. The van der Waals surface area contributed by atoms with Crippen LogP contribution in [0.4, 0.5) is 57.1 Å². The van der Waals surface area contributed by atoms with E-state index in [1.807, 2.05) is 0 Å². The van der Waals surface area contributed by atoms with E-state index in [4.69, 9.17) is 14.4 Å². The quantitative estimate of drug-likeness (QED) is 0.304. The van der Waals surface area contributed by atoms with Crippen molar-refractivity contribution in [1.82, 2.24) is 0 Å². The molecule has 3 nitrogen and oxygen atoms in total. The average Bonchev–Trinajstić information content (AvgIpc) is 2.77. The first-order valence-corrected chi connectivity index (χ1v) is 10.9. The van der Waals surface area contributed by atoms with Crippen LogP contribution in [0.1, 0.15) is 25.7 Å². The Balaban J connectivity index is 0.00000251. The molecule has 1 aliphatic rings. The lowest BCUT2D eigenvalue weighted by molar-refractivity contribution is -0.0704. The normalized spacial score (nSPS) is 46.0. The van der Waals surface area contributed by atoms with Gasteiger partial charge in [-0.25, -0.2) is 57.1 Å². The third-order valence-corrected chi connectivity index (χ3v) is 4.91. The maximum Gasteiger partial charge on any atom is 0.692 e. The third-order valence-electron chi connectivity index (χ3n) is 4.91. The highest BCUT2D eigenvalue weighted by molar-refractivity contribution is 7.30. The van der Waals surface area contributed by atoms with Gasteiger partial charge in [-0.05, 0) is 19.3 Å². The highest BCUT2D eigenvalue weighted by atomic mass is 31.1. The van der Waals surface area contributed by atoms with Crippen LogP contribution in [0.2, 0.25) is 0 Å². The zero-order chi connectivity index (χ0) is 26.9. The van der Waals surface area contributed by atoms with Gasteiger partial charge < -0.3 is 0 Å². The molecular formula is C17H23F13O3P+. The van der Waals surface area contributed by atoms with Gasteiger partial charge in [0.15, 0.2) is 61.7 Å². The van der Waals surface area contributed by atoms with Gasteiger partial charge in [-0.1, -0.05) is 0 Å². The van der Waals surface area contributed by atoms with Crippen LogP contribution < -0.4 is 0 Å². The van der Waals surface area contributed by atoms with Crippen molar-refractivity contribution < 1.29 is 71.4 Å². The first-order chi connectivity index (χ1) is 15.5. The molecule has 34 heavy (non-hydrogen) atoms. The van der Waals surface area contributed by atoms with Gasteiger partial charge in [0.1, 0.15) is 18.5 Å². The first-order valence-electron chi connectivity index (χ1n) is 9.72. The van der Waals surface area contributed by atoms with Gasteiger partial charge in [0, 0.05) is 11.0 Å². The topological polar surface area (TPSA) is 57.5 Å². The van der Waals surface area contributed by atoms with Crippen molar-refractivity contribution in [2.75, 3.05) is 0 Å². The molecule has 1 fully saturated rings. The van der Waals surface area contributed by atoms with E-state index >= 15 is 0 Å². The molecule has 0 amide bonds. The second-order valence-electron chi connectivity index (χ2n) is 7.49. The molecular weight excluding hydrogens is 530 g/mol. The Morgan fingerprint density at radius 1 is 0.471 bits per heavy atom. The molecule has 0 heterocycles. The van der Waals surface area contributed by atoms with Crippen molar-refractivity contribution >= 4 is 8.25 Å². The summed E-state index contributed by atoms with van der Waals surface area (Å²) in [6.45, 7) is 0. The Hall–Kier alpha value is -0.890. The third kappa shape index (κ3) is 10.00. The number of halogens is 13. The van der Waals surface area contributed by atoms with E-state index in [9.17, 15) is 57.1 Å². The predicted octanol–water partition coefficient (Wildman–Crippen LogP) is 5.58. The molecule has 1 aliphatic carbocycles. The van der Waals surface area contributed by atoms with Crippen LogP contribution in [0, 0.1) is 0 Å². The van der Waals surface area contributed by atoms with Gasteiger partial charge in [-0.15, -0.1) is 9.79 Å². The fourth-order valence-electron chi connectivity index (χ4n) is 2.99. The van der Waals surface area contributed by atoms with Crippen molar-refractivity contribution in [1.29, 1.82) is 0 Å². The molecule has 0 aliphatic heterocycles. The lowest BCUT2D eigenvalue weighted by atomic mass is 9.94. The van der Waals surface area contributed by atoms with Gasteiger partial charge in [-0.3, -0.25) is 0 Å². The van der Waals surface area contributed by atoms with E-state index in [1.165, 1.54) is 0 Å². The van der Waals surface area contributed by atoms with Crippen LogP contribution in [0.5, 0.6) is 0 Å². The molecule has 2 N–H and O–H groups in total. The molecule has 13 atom stereocenters. The molecule has 0 aromatic rings. The summed E-state index contributed by atoms with van der Waals surface area (Å²) in [6, 6.07) is 0. The SMILES string of the molecule is FC1CCCC(F)C(F)C(F)C(F)C(F)C(F)C(F)C(F)C(F)C(F)C(F)C(F)C1.O=[P+](O)O. The Bertz CT molecular complexity index is 593. The van der Waals surface area contributed by atoms with Gasteiger partial charge in [0.2, 0.25) is 0 Å². The smallest absolute Gasteiger partial charge is 0.247 e. The number of alkyl halides is 13. The van der Waals surface area contributed by atoms with Crippen LogP contribution in [0.25, 0.3) is 0 Å². The first kappa shape index (κ1) is 33.1. The summed E-state index contributed by atoms with van der Waals surface area (Å²) in [6.07, 6.45) is -50.0. The molecule has 0 bridgehead atoms. The summed E-state index contributed by atoms with van der Waals surface area (Å²) < 4.78 is 186. The minimum Gasteiger partial charge on any atom is -0.247 e. The number of hydrogen-bond donors (Lipinski definition) is 2. The van der Waals surface area contributed by atoms with Crippen LogP contribution >= 0.6 is 8.25 Å². The summed E-state index contributed by atoms with van der Waals surface area (Å²) in [7, 11) is -2.87. The monoisotopic (exact) mass is 553 g/mol. The Labute approximate surface area is 186 Å². The van der Waals surface area contributed by atoms with E-state index < -0.39 is 114 Å². The van der Waals surface area contributed by atoms with E-state index in [-0.39, 0.29) is 0 Å². The highest BCUT2D eigenvalue weighted by Gasteiger charge is 2.51. The molecule has 0 radical (unpaired) electrons. The second kappa shape index (κ2) is 15.3. The van der Waals surface area contributed by atoms with Gasteiger partial charge in [-0.2, -0.15) is 0 Å². The van der Waals surface area contributed by atoms with Gasteiger partial charge in [0.25, 0.3) is 0 Å². The van der Waals surface area contributed by atoms with Crippen LogP contribution in [-0.2, 0) is 4.57 Å². The summed E-state index contributed by atoms with van der Waals surface area (Å²) in [4.78, 5) is 14.2. The van der Waals surface area contributed by atoms with Crippen molar-refractivity contribution in [3.05, 3.63) is 0 Å². The lowest BCUT2D eigenvalue weighted by Gasteiger charge is -2.28. The van der Waals surface area contributed by atoms with E-state index in [0.29, 0.717) is 0 Å². The molecule has 1 saturated carbocycles. The second-order valence-corrected chi connectivity index (χ2v) is 8.00. The molecule has 0 saturated heterocycles. The average molecular weight is 553 g/mol. The summed E-state index contributed by atoms with van der Waals surface area (Å²) in [5.41, 5.74) is 0. The van der Waals surface area contributed by atoms with Crippen LogP contribution in [0.3, 0.4) is 0 Å². The highest BCUT2D eigenvalue weighted by Crippen LogP contribution is 2.32. The maximum atomic E-state index is 13.7. The summed E-state index contributed by atoms with van der Waals surface area (Å²) in [5, 5.41) is 0. The Morgan fingerprint density at radius 2 is 0.735 bits per heavy atom. The van der Waals surface area contributed by atoms with Crippen LogP contribution in [0.15, 0.2) is 0 Å². The van der Waals surface area contributed by atoms with Crippen molar-refractivity contribution in [2.45, 2.75) is 106 Å². The standard InChI is InChI=1S/C17H21F13.HO3P/c18-5-2-1-3-6(19)8(21)10(23)12(25)14(27)16(29)17(30)15(28)13(26)11(24)9(22)7(20)4-5;1-4(2)3/h5-17H,1-4H2;(H-,1,2,3)/p+1. The Morgan fingerprint density at radius 3 is 1.06 bits per heavy atom. The van der Waals surface area contributed by atoms with E-state index in [1.54, 1.807) is 0 Å². The van der Waals surface area contributed by atoms with Crippen molar-refractivity contribution in [2.24, 2.45) is 0 Å². The zero-order valence-electron chi connectivity index (χ0n) is 17.0. The molecule has 17 heteroatoms. The van der Waals surface area contributed by atoms with Crippen molar-refractivity contribution in [3.63, 3.8) is 0 Å². The predicted molar refractivity (Wildman–Crippen MR) is 94.2 cm³/mol. The fourth-order valence-corrected chi connectivity index (χ4v) is 2.99. The van der Waals surface area contributed by atoms with E-state index in [0.717, 1.165) is 0 Å². The van der Waals surface area contributed by atoms with E-state index in [2.05, 4.69) is 0 Å². The molecule has 0 aromatic carbocycles. The number of hydrogen-bond acceptors (Lipinski definition) is 1. The number of rotatable bonds is 0. The van der Waals surface area contributed by atoms with Gasteiger partial charge >= 0.3 is 8.25 Å².